The third-order valence-corrected chi connectivity index (χ3v) is 14.0. The molecule has 1 aromatic carbocycles. The van der Waals surface area contributed by atoms with E-state index in [1.54, 1.807) is 18.2 Å². The zero-order valence-corrected chi connectivity index (χ0v) is 35.5. The monoisotopic (exact) mass is 935 g/mol. The number of aliphatic hydroxyl groups is 2. The van der Waals surface area contributed by atoms with Crippen LogP contribution in [0.1, 0.15) is 32.9 Å². The molecule has 1 aliphatic heterocycles. The minimum Gasteiger partial charge on any atom is -0.386 e. The Hall–Kier alpha value is -2.94. The molecule has 1 saturated heterocycles. The number of thiol groups is 1. The van der Waals surface area contributed by atoms with Gasteiger partial charge in [0.1, 0.15) is 36.3 Å². The number of aromatic nitrogens is 4. The van der Waals surface area contributed by atoms with Crippen molar-refractivity contribution in [3.8, 4) is 0 Å². The van der Waals surface area contributed by atoms with Gasteiger partial charge in [-0.25, -0.2) is 37.1 Å². The van der Waals surface area contributed by atoms with Gasteiger partial charge in [-0.05, 0) is 18.6 Å². The Labute approximate surface area is 341 Å². The van der Waals surface area contributed by atoms with Crippen molar-refractivity contribution in [3.05, 3.63) is 43.0 Å². The Morgan fingerprint density at radius 3 is 2.36 bits per heavy atom. The molecule has 2 aromatic heterocycles. The summed E-state index contributed by atoms with van der Waals surface area (Å²) in [5, 5.41) is 25.8. The summed E-state index contributed by atoms with van der Waals surface area (Å²) in [6.07, 6.45) is -6.85. The zero-order valence-electron chi connectivity index (χ0n) is 31.1. The molecule has 330 valence electrons. The molecule has 3 aromatic rings. The smallest absolute Gasteiger partial charge is 0.386 e. The predicted molar refractivity (Wildman–Crippen MR) is 206 cm³/mol. The molecule has 1 fully saturated rings. The number of sulfone groups is 1. The summed E-state index contributed by atoms with van der Waals surface area (Å²) in [6, 6.07) is 7.82. The molecule has 2 unspecified atom stereocenters. The van der Waals surface area contributed by atoms with Gasteiger partial charge in [0.05, 0.1) is 30.2 Å². The molecule has 59 heavy (non-hydrogen) atoms. The highest BCUT2D eigenvalue weighted by atomic mass is 32.2. The van der Waals surface area contributed by atoms with Crippen LogP contribution in [-0.4, -0.2) is 131 Å². The van der Waals surface area contributed by atoms with E-state index in [0.29, 0.717) is 0 Å². The minimum atomic E-state index is -5.59. The number of phosphoric acid groups is 3. The lowest BCUT2D eigenvalue weighted by molar-refractivity contribution is -0.137. The van der Waals surface area contributed by atoms with E-state index in [4.69, 9.17) is 19.5 Å². The number of nitrogens with zero attached hydrogens (tertiary/aromatic N) is 4. The second-order valence-electron chi connectivity index (χ2n) is 13.6. The van der Waals surface area contributed by atoms with Gasteiger partial charge in [-0.1, -0.05) is 32.0 Å². The number of rotatable bonds is 22. The normalized spacial score (nSPS) is 22.0. The minimum absolute atomic E-state index is 0.0218. The number of hydrogen-bond acceptors (Lipinski definition) is 19. The van der Waals surface area contributed by atoms with E-state index < -0.39 is 99.6 Å². The fraction of sp³-hybridized carbons (Fsp3) is 0.552. The number of nitrogens with two attached hydrogens (primary N) is 1. The van der Waals surface area contributed by atoms with Crippen LogP contribution in [0.2, 0.25) is 0 Å². The first kappa shape index (κ1) is 48.7. The summed E-state index contributed by atoms with van der Waals surface area (Å²) in [5.74, 6) is -1.82. The van der Waals surface area contributed by atoms with Crippen molar-refractivity contribution in [2.24, 2.45) is 5.41 Å². The van der Waals surface area contributed by atoms with Gasteiger partial charge >= 0.3 is 23.5 Å². The number of benzene rings is 1. The summed E-state index contributed by atoms with van der Waals surface area (Å²) in [6.45, 7) is 0.248. The number of aliphatic hydroxyl groups excluding tert-OH is 2. The summed E-state index contributed by atoms with van der Waals surface area (Å²) in [4.78, 5) is 76.0. The van der Waals surface area contributed by atoms with Crippen molar-refractivity contribution in [2.45, 2.75) is 67.5 Å². The van der Waals surface area contributed by atoms with Gasteiger partial charge in [0.15, 0.2) is 27.5 Å². The van der Waals surface area contributed by atoms with Gasteiger partial charge < -0.3 is 50.9 Å². The second kappa shape index (κ2) is 19.8. The van der Waals surface area contributed by atoms with Crippen molar-refractivity contribution < 1.29 is 84.1 Å². The molecular weight excluding hydrogens is 891 g/mol. The SMILES string of the molecule is CC(C)(COP(=O)(O)OP(=O)(O)OC[C@H]1O[C@@H](n2cnc3c(N)ncnc32)[C@H](O)[C@@H]1OP(=O)(O)O)[C@@H](O)C(=O)NCCC(=O)NCC[C@@H](S)CS(=O)(=O)c1ccccc1. The predicted octanol–water partition coefficient (Wildman–Crippen LogP) is -0.433. The molecule has 0 radical (unpaired) electrons. The van der Waals surface area contributed by atoms with E-state index in [2.05, 4.69) is 47.0 Å². The molecule has 10 N–H and O–H groups in total. The van der Waals surface area contributed by atoms with Crippen molar-refractivity contribution in [1.29, 1.82) is 0 Å². The van der Waals surface area contributed by atoms with E-state index in [1.165, 1.54) is 26.0 Å². The standard InChI is InChI=1S/C29H44N7O18P3S2/c1-29(2,24(39)27(40)32-11-9-20(37)31-10-8-17(58)13-59(48,49)18-6-4-3-5-7-18)14-51-57(46,47)54-56(44,45)50-12-19-23(53-55(41,42)43)22(38)28(52-19)36-16-35-21-25(30)33-15-34-26(21)36/h3-7,15-17,19,22-24,28,38-39,58H,8-14H2,1-2H3,(H,31,37)(H,32,40)(H,44,45)(H,46,47)(H2,30,33,34)(H2,41,42,43)/t17-,19-,22-,23-,24+,28-/m1/s1. The summed E-state index contributed by atoms with van der Waals surface area (Å²) >= 11 is 4.30. The van der Waals surface area contributed by atoms with Gasteiger partial charge in [-0.3, -0.25) is 27.7 Å². The lowest BCUT2D eigenvalue weighted by Crippen LogP contribution is -2.46. The Morgan fingerprint density at radius 2 is 1.69 bits per heavy atom. The highest BCUT2D eigenvalue weighted by molar-refractivity contribution is 7.92. The maximum Gasteiger partial charge on any atom is 0.481 e. The molecule has 8 atom stereocenters. The molecular formula is C29H44N7O18P3S2. The van der Waals surface area contributed by atoms with Crippen LogP contribution in [0, 0.1) is 5.41 Å². The number of anilines is 1. The Balaban J connectivity index is 1.22. The van der Waals surface area contributed by atoms with Gasteiger partial charge in [0, 0.05) is 30.2 Å². The third-order valence-electron chi connectivity index (χ3n) is 8.39. The largest absolute Gasteiger partial charge is 0.481 e. The Kier molecular flexibility index (Phi) is 16.4. The van der Waals surface area contributed by atoms with Crippen LogP contribution in [0.15, 0.2) is 47.9 Å². The Morgan fingerprint density at radius 1 is 1.03 bits per heavy atom. The van der Waals surface area contributed by atoms with Crippen molar-refractivity contribution >= 4 is 74.7 Å². The number of ether oxygens (including phenoxy) is 1. The molecule has 0 saturated carbocycles. The van der Waals surface area contributed by atoms with Gasteiger partial charge in [0.2, 0.25) is 11.8 Å². The first-order valence-corrected chi connectivity index (χ1v) is 23.8. The van der Waals surface area contributed by atoms with E-state index in [0.717, 1.165) is 17.2 Å². The van der Waals surface area contributed by atoms with Crippen molar-refractivity contribution in [1.82, 2.24) is 30.2 Å². The number of fused-ring (bicyclic) bond motifs is 1. The van der Waals surface area contributed by atoms with Crippen LogP contribution in [0.3, 0.4) is 0 Å². The molecule has 0 bridgehead atoms. The summed E-state index contributed by atoms with van der Waals surface area (Å²) in [5.41, 5.74) is 4.21. The topological polar surface area (TPSA) is 381 Å². The second-order valence-corrected chi connectivity index (χ2v) is 20.6. The van der Waals surface area contributed by atoms with Crippen molar-refractivity contribution in [2.75, 3.05) is 37.8 Å². The van der Waals surface area contributed by atoms with Gasteiger partial charge in [-0.2, -0.15) is 16.9 Å². The van der Waals surface area contributed by atoms with Crippen LogP contribution in [0.25, 0.3) is 11.2 Å². The maximum atomic E-state index is 12.7. The Bertz CT molecular complexity index is 2200. The molecule has 4 rings (SSSR count). The average Bonchev–Trinajstić information content (AvgIpc) is 3.69. The van der Waals surface area contributed by atoms with Crippen LogP contribution >= 0.6 is 36.1 Å². The number of phosphoric ester groups is 3. The van der Waals surface area contributed by atoms with Crippen LogP contribution in [0.5, 0.6) is 0 Å². The van der Waals surface area contributed by atoms with Gasteiger partial charge in [-0.15, -0.1) is 0 Å². The number of carbonyl (C=O) groups is 2. The molecule has 0 spiro atoms. The number of nitrogen functional groups attached to an aromatic ring is 1. The van der Waals surface area contributed by atoms with E-state index >= 15 is 0 Å². The van der Waals surface area contributed by atoms with Gasteiger partial charge in [0.25, 0.3) is 0 Å². The highest BCUT2D eigenvalue weighted by Crippen LogP contribution is 2.61. The van der Waals surface area contributed by atoms with E-state index in [-0.39, 0.29) is 53.6 Å². The highest BCUT2D eigenvalue weighted by Gasteiger charge is 2.50. The molecule has 2 amide bonds. The van der Waals surface area contributed by atoms with Crippen LogP contribution < -0.4 is 16.4 Å². The average molecular weight is 936 g/mol. The fourth-order valence-electron chi connectivity index (χ4n) is 5.38. The first-order chi connectivity index (χ1) is 27.3. The van der Waals surface area contributed by atoms with E-state index in [1.807, 2.05) is 0 Å². The molecule has 25 nitrogen and oxygen atoms in total. The molecule has 1 aliphatic rings. The van der Waals surface area contributed by atoms with Crippen LogP contribution in [-0.2, 0) is 55.7 Å². The number of hydrogen-bond donors (Lipinski definition) is 10. The number of nitrogens with one attached hydrogen (secondary N) is 2. The molecule has 3 heterocycles. The number of carbonyl (C=O) groups excluding carboxylic acids is 2. The number of amides is 2. The van der Waals surface area contributed by atoms with Crippen LogP contribution in [0.4, 0.5) is 5.82 Å². The lowest BCUT2D eigenvalue weighted by atomic mass is 9.87. The van der Waals surface area contributed by atoms with E-state index in [9.17, 15) is 61.5 Å². The first-order valence-electron chi connectivity index (χ1n) is 17.2. The number of imidazole rings is 1. The third kappa shape index (κ3) is 14.0. The maximum absolute atomic E-state index is 12.7. The summed E-state index contributed by atoms with van der Waals surface area (Å²) < 4.78 is 87.1. The molecule has 0 aliphatic carbocycles. The lowest BCUT2D eigenvalue weighted by Gasteiger charge is -2.30. The van der Waals surface area contributed by atoms with Crippen molar-refractivity contribution in [3.63, 3.8) is 0 Å². The zero-order chi connectivity index (χ0) is 44.0. The summed E-state index contributed by atoms with van der Waals surface area (Å²) in [7, 11) is -20.0. The molecule has 30 heteroatoms. The quantitative estimate of drug-likeness (QED) is 0.0451. The fourth-order valence-corrected chi connectivity index (χ4v) is 10.4.